The van der Waals surface area contributed by atoms with Crippen LogP contribution in [0.15, 0.2) is 64.6 Å². The number of hydrogen-bond donors (Lipinski definition) is 1. The topological polar surface area (TPSA) is 95.8 Å². The normalized spacial score (nSPS) is 11.1. The first kappa shape index (κ1) is 13.2. The van der Waals surface area contributed by atoms with Crippen molar-refractivity contribution in [2.45, 2.75) is 0 Å². The third kappa shape index (κ3) is 1.98. The van der Waals surface area contributed by atoms with Gasteiger partial charge < -0.3 is 5.84 Å². The van der Waals surface area contributed by atoms with Crippen LogP contribution in [0, 0.1) is 0 Å². The fourth-order valence-electron chi connectivity index (χ4n) is 2.52. The van der Waals surface area contributed by atoms with Crippen LogP contribution in [0.5, 0.6) is 0 Å². The monoisotopic (exact) mass is 305 g/mol. The number of nitrogens with zero attached hydrogens (tertiary/aromatic N) is 4. The Balaban J connectivity index is 2.11. The van der Waals surface area contributed by atoms with E-state index in [0.29, 0.717) is 27.6 Å². The van der Waals surface area contributed by atoms with Crippen molar-refractivity contribution in [3.05, 3.63) is 75.7 Å². The van der Waals surface area contributed by atoms with Crippen LogP contribution in [-0.4, -0.2) is 19.2 Å². The van der Waals surface area contributed by atoms with Crippen LogP contribution in [0.25, 0.3) is 27.6 Å². The summed E-state index contributed by atoms with van der Waals surface area (Å²) >= 11 is 0. The molecule has 0 unspecified atom stereocenters. The van der Waals surface area contributed by atoms with E-state index < -0.39 is 5.56 Å². The summed E-state index contributed by atoms with van der Waals surface area (Å²) in [5, 5.41) is 0.646. The molecule has 0 saturated heterocycles. The molecule has 0 aliphatic heterocycles. The van der Waals surface area contributed by atoms with E-state index in [4.69, 9.17) is 5.84 Å². The molecule has 23 heavy (non-hydrogen) atoms. The summed E-state index contributed by atoms with van der Waals surface area (Å²) < 4.78 is 2.38. The molecule has 0 spiro atoms. The minimum absolute atomic E-state index is 0.289. The maximum absolute atomic E-state index is 12.7. The smallest absolute Gasteiger partial charge is 0.278 e. The molecule has 7 heteroatoms. The Labute approximate surface area is 129 Å². The van der Waals surface area contributed by atoms with Crippen LogP contribution in [-0.2, 0) is 0 Å². The number of pyridine rings is 4. The highest BCUT2D eigenvalue weighted by atomic mass is 16.1. The molecule has 4 aromatic rings. The van der Waals surface area contributed by atoms with Crippen LogP contribution in [0.4, 0.5) is 0 Å². The number of aromatic nitrogens is 4. The molecule has 4 heterocycles. The quantitative estimate of drug-likeness (QED) is 0.415. The molecule has 0 saturated carbocycles. The summed E-state index contributed by atoms with van der Waals surface area (Å²) in [4.78, 5) is 33.4. The van der Waals surface area contributed by atoms with E-state index in [0.717, 1.165) is 4.68 Å². The van der Waals surface area contributed by atoms with Gasteiger partial charge in [0.2, 0.25) is 0 Å². The van der Waals surface area contributed by atoms with E-state index in [9.17, 15) is 9.59 Å². The van der Waals surface area contributed by atoms with E-state index in [1.54, 1.807) is 42.7 Å². The zero-order chi connectivity index (χ0) is 16.0. The molecule has 4 rings (SSSR count). The minimum atomic E-state index is -0.399. The lowest BCUT2D eigenvalue weighted by Gasteiger charge is -2.07. The van der Waals surface area contributed by atoms with Crippen LogP contribution in [0.2, 0.25) is 0 Å². The van der Waals surface area contributed by atoms with Crippen LogP contribution >= 0.6 is 0 Å². The highest BCUT2D eigenvalue weighted by Crippen LogP contribution is 2.14. The van der Waals surface area contributed by atoms with Gasteiger partial charge in [-0.1, -0.05) is 6.07 Å². The van der Waals surface area contributed by atoms with Gasteiger partial charge in [-0.3, -0.25) is 14.2 Å². The number of rotatable bonds is 1. The van der Waals surface area contributed by atoms with Crippen molar-refractivity contribution >= 4 is 21.8 Å². The standard InChI is InChI=1S/C16H11N5O2/c17-21-8-5-13-11(16(21)23)9-10-12(19-13)4-7-20(15(10)22)14-3-1-2-6-18-14/h1-9H,17H2. The Morgan fingerprint density at radius 1 is 0.913 bits per heavy atom. The van der Waals surface area contributed by atoms with Gasteiger partial charge in [0.25, 0.3) is 11.1 Å². The molecule has 0 fully saturated rings. The predicted octanol–water partition coefficient (Wildman–Crippen LogP) is 0.809. The molecule has 0 atom stereocenters. The molecule has 2 N–H and O–H groups in total. The summed E-state index contributed by atoms with van der Waals surface area (Å²) in [6.07, 6.45) is 4.67. The van der Waals surface area contributed by atoms with Crippen molar-refractivity contribution in [1.82, 2.24) is 19.2 Å². The van der Waals surface area contributed by atoms with Crippen molar-refractivity contribution in [2.75, 3.05) is 5.84 Å². The van der Waals surface area contributed by atoms with Crippen molar-refractivity contribution in [3.63, 3.8) is 0 Å². The van der Waals surface area contributed by atoms with Crippen molar-refractivity contribution < 1.29 is 0 Å². The Bertz CT molecular complexity index is 1160. The van der Waals surface area contributed by atoms with Gasteiger partial charge in [-0.15, -0.1) is 0 Å². The second-order valence-corrected chi connectivity index (χ2v) is 5.06. The highest BCUT2D eigenvalue weighted by Gasteiger charge is 2.10. The van der Waals surface area contributed by atoms with Gasteiger partial charge >= 0.3 is 0 Å². The van der Waals surface area contributed by atoms with Gasteiger partial charge in [0.15, 0.2) is 0 Å². The average molecular weight is 305 g/mol. The van der Waals surface area contributed by atoms with Gasteiger partial charge in [0, 0.05) is 18.6 Å². The van der Waals surface area contributed by atoms with Crippen LogP contribution < -0.4 is 17.0 Å². The second-order valence-electron chi connectivity index (χ2n) is 5.06. The summed E-state index contributed by atoms with van der Waals surface area (Å²) in [6.45, 7) is 0. The number of nitrogens with two attached hydrogens (primary N) is 1. The lowest BCUT2D eigenvalue weighted by molar-refractivity contribution is 0.947. The molecule has 4 aromatic heterocycles. The first-order chi connectivity index (χ1) is 11.1. The minimum Gasteiger partial charge on any atom is -0.336 e. The SMILES string of the molecule is Nn1ccc2nc3ccn(-c4ccccn4)c(=O)c3cc2c1=O. The molecule has 0 aliphatic rings. The van der Waals surface area contributed by atoms with Crippen LogP contribution in [0.1, 0.15) is 0 Å². The molecule has 0 amide bonds. The Morgan fingerprint density at radius 3 is 2.39 bits per heavy atom. The maximum Gasteiger partial charge on any atom is 0.278 e. The fourth-order valence-corrected chi connectivity index (χ4v) is 2.52. The van der Waals surface area contributed by atoms with Crippen molar-refractivity contribution in [3.8, 4) is 5.82 Å². The molecule has 7 nitrogen and oxygen atoms in total. The summed E-state index contributed by atoms with van der Waals surface area (Å²) in [7, 11) is 0. The Hall–Kier alpha value is -3.48. The third-order valence-corrected chi connectivity index (χ3v) is 3.67. The average Bonchev–Trinajstić information content (AvgIpc) is 2.58. The van der Waals surface area contributed by atoms with Crippen molar-refractivity contribution in [2.24, 2.45) is 0 Å². The second kappa shape index (κ2) is 4.77. The molecule has 0 radical (unpaired) electrons. The van der Waals surface area contributed by atoms with Gasteiger partial charge in [-0.25, -0.2) is 14.6 Å². The van der Waals surface area contributed by atoms with E-state index in [1.807, 2.05) is 0 Å². The molecular weight excluding hydrogens is 294 g/mol. The summed E-state index contributed by atoms with van der Waals surface area (Å²) in [5.41, 5.74) is 0.329. The maximum atomic E-state index is 12.7. The van der Waals surface area contributed by atoms with E-state index >= 15 is 0 Å². The Kier molecular flexibility index (Phi) is 2.74. The highest BCUT2D eigenvalue weighted by molar-refractivity contribution is 5.91. The fraction of sp³-hybridized carbons (Fsp3) is 0. The van der Waals surface area contributed by atoms with Gasteiger partial charge in [0.1, 0.15) is 5.82 Å². The van der Waals surface area contributed by atoms with Gasteiger partial charge in [-0.2, -0.15) is 0 Å². The predicted molar refractivity (Wildman–Crippen MR) is 87.1 cm³/mol. The van der Waals surface area contributed by atoms with Crippen molar-refractivity contribution in [1.29, 1.82) is 0 Å². The van der Waals surface area contributed by atoms with Gasteiger partial charge in [-0.05, 0) is 30.3 Å². The number of fused-ring (bicyclic) bond motifs is 2. The molecule has 0 aromatic carbocycles. The Morgan fingerprint density at radius 2 is 1.65 bits per heavy atom. The zero-order valence-corrected chi connectivity index (χ0v) is 11.9. The lowest BCUT2D eigenvalue weighted by Crippen LogP contribution is -2.26. The molecule has 0 aliphatic carbocycles. The lowest BCUT2D eigenvalue weighted by atomic mass is 10.2. The van der Waals surface area contributed by atoms with E-state index in [-0.39, 0.29) is 5.56 Å². The van der Waals surface area contributed by atoms with Crippen LogP contribution in [0.3, 0.4) is 0 Å². The molecule has 112 valence electrons. The number of hydrogen-bond acceptors (Lipinski definition) is 5. The number of nitrogen functional groups attached to an aromatic ring is 1. The third-order valence-electron chi connectivity index (χ3n) is 3.67. The largest absolute Gasteiger partial charge is 0.336 e. The zero-order valence-electron chi connectivity index (χ0n) is 11.9. The van der Waals surface area contributed by atoms with Gasteiger partial charge in [0.05, 0.1) is 21.8 Å². The first-order valence-electron chi connectivity index (χ1n) is 6.89. The molecular formula is C16H11N5O2. The summed E-state index contributed by atoms with van der Waals surface area (Å²) in [5.74, 6) is 6.08. The van der Waals surface area contributed by atoms with E-state index in [2.05, 4.69) is 9.97 Å². The summed E-state index contributed by atoms with van der Waals surface area (Å²) in [6, 6.07) is 10.2. The van der Waals surface area contributed by atoms with E-state index in [1.165, 1.54) is 16.8 Å². The molecule has 0 bridgehead atoms. The first-order valence-corrected chi connectivity index (χ1v) is 6.89.